The number of para-hydroxylation sites is 1. The molecule has 0 radical (unpaired) electrons. The first-order chi connectivity index (χ1) is 10.3. The molecule has 2 atom stereocenters. The van der Waals surface area contributed by atoms with Gasteiger partial charge in [0.15, 0.2) is 5.78 Å². The molecule has 1 fully saturated rings. The van der Waals surface area contributed by atoms with E-state index in [4.69, 9.17) is 9.72 Å². The first kappa shape index (κ1) is 13.0. The summed E-state index contributed by atoms with van der Waals surface area (Å²) in [6, 6.07) is 6.36. The Balaban J connectivity index is 1.65. The second-order valence-electron chi connectivity index (χ2n) is 5.86. The number of nitrogens with one attached hydrogen (secondary N) is 1. The van der Waals surface area contributed by atoms with Crippen molar-refractivity contribution in [3.8, 4) is 0 Å². The number of carbonyl (C=O) groups is 1. The number of benzene rings is 1. The highest BCUT2D eigenvalue weighted by atomic mass is 16.5. The van der Waals surface area contributed by atoms with Crippen LogP contribution in [0.5, 0.6) is 0 Å². The monoisotopic (exact) mass is 285 g/mol. The fourth-order valence-electron chi connectivity index (χ4n) is 3.34. The van der Waals surface area contributed by atoms with Gasteiger partial charge in [-0.3, -0.25) is 4.79 Å². The van der Waals surface area contributed by atoms with Crippen molar-refractivity contribution in [2.24, 2.45) is 0 Å². The van der Waals surface area contributed by atoms with Crippen LogP contribution in [0.3, 0.4) is 0 Å². The molecule has 4 rings (SSSR count). The lowest BCUT2D eigenvalue weighted by Gasteiger charge is -2.15. The topological polar surface area (TPSA) is 56.1 Å². The lowest BCUT2D eigenvalue weighted by molar-refractivity contribution is 0.0973. The van der Waals surface area contributed by atoms with Crippen LogP contribution >= 0.6 is 0 Å². The number of carbonyl (C=O) groups excluding carboxylic acids is 1. The summed E-state index contributed by atoms with van der Waals surface area (Å²) in [5.41, 5.74) is 2.83. The van der Waals surface area contributed by atoms with E-state index < -0.39 is 0 Å². The van der Waals surface area contributed by atoms with Gasteiger partial charge in [-0.05, 0) is 18.6 Å². The summed E-state index contributed by atoms with van der Waals surface area (Å²) in [5, 5.41) is 3.50. The molecule has 0 amide bonds. The highest BCUT2D eigenvalue weighted by Crippen LogP contribution is 2.42. The number of nitrogens with zero attached hydrogens (tertiary/aromatic N) is 2. The van der Waals surface area contributed by atoms with Gasteiger partial charge in [0.25, 0.3) is 0 Å². The number of rotatable bonds is 5. The summed E-state index contributed by atoms with van der Waals surface area (Å²) in [7, 11) is 1.72. The third kappa shape index (κ3) is 2.08. The standard InChI is InChI=1S/C16H19N3O2/c1-21-8-6-17-13-9-11(13)16-18-12-4-2-3-10-14(20)5-7-19(16)15(10)12/h2-4,11,13,17H,5-9H2,1H3. The van der Waals surface area contributed by atoms with E-state index in [1.807, 2.05) is 18.2 Å². The molecule has 5 nitrogen and oxygen atoms in total. The zero-order valence-electron chi connectivity index (χ0n) is 12.1. The molecular weight excluding hydrogens is 266 g/mol. The molecule has 21 heavy (non-hydrogen) atoms. The third-order valence-electron chi connectivity index (χ3n) is 4.49. The molecule has 2 heterocycles. The summed E-state index contributed by atoms with van der Waals surface area (Å²) < 4.78 is 7.33. The number of aryl methyl sites for hydroxylation is 1. The summed E-state index contributed by atoms with van der Waals surface area (Å²) >= 11 is 0. The Morgan fingerprint density at radius 3 is 3.24 bits per heavy atom. The van der Waals surface area contributed by atoms with Gasteiger partial charge >= 0.3 is 0 Å². The summed E-state index contributed by atoms with van der Waals surface area (Å²) in [4.78, 5) is 16.8. The fraction of sp³-hybridized carbons (Fsp3) is 0.500. The average Bonchev–Trinajstić information content (AvgIpc) is 3.16. The molecule has 1 aromatic carbocycles. The van der Waals surface area contributed by atoms with E-state index in [0.29, 0.717) is 18.4 Å². The van der Waals surface area contributed by atoms with Gasteiger partial charge in [-0.15, -0.1) is 0 Å². The number of ether oxygens (including phenoxy) is 1. The van der Waals surface area contributed by atoms with Gasteiger partial charge in [-0.25, -0.2) is 4.98 Å². The zero-order chi connectivity index (χ0) is 14.4. The van der Waals surface area contributed by atoms with Crippen LogP contribution in [0.4, 0.5) is 0 Å². The Kier molecular flexibility index (Phi) is 3.05. The normalized spacial score (nSPS) is 23.8. The Bertz CT molecular complexity index is 707. The van der Waals surface area contributed by atoms with Gasteiger partial charge in [0.1, 0.15) is 5.82 Å². The van der Waals surface area contributed by atoms with E-state index in [1.54, 1.807) is 7.11 Å². The van der Waals surface area contributed by atoms with Crippen molar-refractivity contribution in [3.63, 3.8) is 0 Å². The van der Waals surface area contributed by atoms with Crippen LogP contribution in [0.2, 0.25) is 0 Å². The van der Waals surface area contributed by atoms with Gasteiger partial charge in [0, 0.05) is 44.1 Å². The largest absolute Gasteiger partial charge is 0.383 e. The van der Waals surface area contributed by atoms with Crippen molar-refractivity contribution in [2.45, 2.75) is 31.3 Å². The van der Waals surface area contributed by atoms with Gasteiger partial charge < -0.3 is 14.6 Å². The van der Waals surface area contributed by atoms with Crippen molar-refractivity contribution in [3.05, 3.63) is 29.6 Å². The first-order valence-electron chi connectivity index (χ1n) is 7.54. The molecule has 1 aromatic heterocycles. The summed E-state index contributed by atoms with van der Waals surface area (Å²) in [5.74, 6) is 1.85. The van der Waals surface area contributed by atoms with E-state index in [2.05, 4.69) is 9.88 Å². The molecule has 1 saturated carbocycles. The summed E-state index contributed by atoms with van der Waals surface area (Å²) in [6.07, 6.45) is 1.71. The van der Waals surface area contributed by atoms with Gasteiger partial charge in [0.2, 0.25) is 0 Å². The number of methoxy groups -OCH3 is 1. The quantitative estimate of drug-likeness (QED) is 0.850. The number of hydrogen-bond donors (Lipinski definition) is 1. The maximum atomic E-state index is 12.0. The SMILES string of the molecule is COCCNC1CC1c1nc2cccc3c2n1CCC3=O. The van der Waals surface area contributed by atoms with E-state index in [9.17, 15) is 4.79 Å². The van der Waals surface area contributed by atoms with Crippen LogP contribution in [-0.4, -0.2) is 41.6 Å². The third-order valence-corrected chi connectivity index (χ3v) is 4.49. The van der Waals surface area contributed by atoms with Crippen LogP contribution in [0.1, 0.15) is 34.9 Å². The minimum Gasteiger partial charge on any atom is -0.383 e. The lowest BCUT2D eigenvalue weighted by atomic mass is 10.0. The van der Waals surface area contributed by atoms with Crippen molar-refractivity contribution in [1.82, 2.24) is 14.9 Å². The first-order valence-corrected chi connectivity index (χ1v) is 7.54. The maximum Gasteiger partial charge on any atom is 0.166 e. The number of hydrogen-bond acceptors (Lipinski definition) is 4. The van der Waals surface area contributed by atoms with Crippen LogP contribution in [-0.2, 0) is 11.3 Å². The molecule has 0 saturated heterocycles. The molecule has 1 aliphatic heterocycles. The van der Waals surface area contributed by atoms with Crippen LogP contribution in [0, 0.1) is 0 Å². The lowest BCUT2D eigenvalue weighted by Crippen LogP contribution is -2.23. The molecule has 5 heteroatoms. The van der Waals surface area contributed by atoms with E-state index in [0.717, 1.165) is 48.5 Å². The number of imidazole rings is 1. The molecule has 1 N–H and O–H groups in total. The molecule has 2 aliphatic rings. The number of aromatic nitrogens is 2. The van der Waals surface area contributed by atoms with Gasteiger partial charge in [-0.1, -0.05) is 6.07 Å². The molecule has 1 aliphatic carbocycles. The second-order valence-corrected chi connectivity index (χ2v) is 5.86. The Morgan fingerprint density at radius 1 is 1.48 bits per heavy atom. The smallest absolute Gasteiger partial charge is 0.166 e. The maximum absolute atomic E-state index is 12.0. The second kappa shape index (κ2) is 4.93. The molecule has 2 unspecified atom stereocenters. The number of Topliss-reactive ketones (excluding diaryl/α,β-unsaturated/α-hetero) is 1. The highest BCUT2D eigenvalue weighted by molar-refractivity contribution is 6.07. The predicted molar refractivity (Wildman–Crippen MR) is 79.7 cm³/mol. The fourth-order valence-corrected chi connectivity index (χ4v) is 3.34. The molecule has 2 aromatic rings. The van der Waals surface area contributed by atoms with Gasteiger partial charge in [-0.2, -0.15) is 0 Å². The average molecular weight is 285 g/mol. The molecular formula is C16H19N3O2. The Labute approximate surface area is 123 Å². The van der Waals surface area contributed by atoms with E-state index in [-0.39, 0.29) is 5.78 Å². The summed E-state index contributed by atoms with van der Waals surface area (Å²) in [6.45, 7) is 2.38. The van der Waals surface area contributed by atoms with E-state index in [1.165, 1.54) is 0 Å². The molecule has 0 bridgehead atoms. The zero-order valence-corrected chi connectivity index (χ0v) is 12.1. The molecule has 110 valence electrons. The Hall–Kier alpha value is -1.72. The van der Waals surface area contributed by atoms with E-state index >= 15 is 0 Å². The Morgan fingerprint density at radius 2 is 2.38 bits per heavy atom. The number of ketones is 1. The van der Waals surface area contributed by atoms with Crippen molar-refractivity contribution in [2.75, 3.05) is 20.3 Å². The van der Waals surface area contributed by atoms with Crippen molar-refractivity contribution < 1.29 is 9.53 Å². The predicted octanol–water partition coefficient (Wildman–Crippen LogP) is 1.71. The van der Waals surface area contributed by atoms with Crippen molar-refractivity contribution >= 4 is 16.8 Å². The molecule has 0 spiro atoms. The van der Waals surface area contributed by atoms with Crippen molar-refractivity contribution in [1.29, 1.82) is 0 Å². The van der Waals surface area contributed by atoms with Gasteiger partial charge in [0.05, 0.1) is 17.6 Å². The van der Waals surface area contributed by atoms with Crippen LogP contribution < -0.4 is 5.32 Å². The minimum atomic E-state index is 0.241. The van der Waals surface area contributed by atoms with Crippen LogP contribution in [0.15, 0.2) is 18.2 Å². The van der Waals surface area contributed by atoms with Crippen LogP contribution in [0.25, 0.3) is 11.0 Å². The highest BCUT2D eigenvalue weighted by Gasteiger charge is 2.42. The minimum absolute atomic E-state index is 0.241.